The van der Waals surface area contributed by atoms with Crippen LogP contribution in [0.15, 0.2) is 59.5 Å². The second-order valence-corrected chi connectivity index (χ2v) is 7.73. The third-order valence-electron chi connectivity index (χ3n) is 4.20. The lowest BCUT2D eigenvalue weighted by atomic mass is 10.1. The average Bonchev–Trinajstić information content (AvgIpc) is 2.63. The zero-order valence-electron chi connectivity index (χ0n) is 14.0. The van der Waals surface area contributed by atoms with Crippen molar-refractivity contribution in [1.29, 1.82) is 0 Å². The molecule has 1 heterocycles. The lowest BCUT2D eigenvalue weighted by molar-refractivity contribution is 0.0656. The van der Waals surface area contributed by atoms with Crippen LogP contribution in [-0.2, 0) is 10.0 Å². The van der Waals surface area contributed by atoms with E-state index in [1.807, 2.05) is 11.8 Å². The largest absolute Gasteiger partial charge is 0.333 e. The Morgan fingerprint density at radius 3 is 2.44 bits per heavy atom. The van der Waals surface area contributed by atoms with Gasteiger partial charge in [0.2, 0.25) is 0 Å². The molecular formula is C18H21N3O3S. The van der Waals surface area contributed by atoms with Crippen molar-refractivity contribution in [3.63, 3.8) is 0 Å². The van der Waals surface area contributed by atoms with Gasteiger partial charge in [-0.05, 0) is 43.3 Å². The molecule has 2 N–H and O–H groups in total. The molecular weight excluding hydrogens is 338 g/mol. The first-order valence-electron chi connectivity index (χ1n) is 8.17. The number of carbonyl (C=O) groups excluding carboxylic acids is 1. The molecule has 0 unspecified atom stereocenters. The average molecular weight is 359 g/mol. The number of nitrogens with one attached hydrogen (secondary N) is 2. The Morgan fingerprint density at radius 2 is 1.80 bits per heavy atom. The van der Waals surface area contributed by atoms with Crippen LogP contribution in [0.2, 0.25) is 0 Å². The lowest BCUT2D eigenvalue weighted by Gasteiger charge is -2.34. The zero-order chi connectivity index (χ0) is 17.9. The summed E-state index contributed by atoms with van der Waals surface area (Å²) in [6, 6.07) is 14.8. The van der Waals surface area contributed by atoms with E-state index in [0.29, 0.717) is 17.8 Å². The first kappa shape index (κ1) is 17.4. The highest BCUT2D eigenvalue weighted by atomic mass is 32.2. The van der Waals surface area contributed by atoms with E-state index < -0.39 is 10.0 Å². The predicted octanol–water partition coefficient (Wildman–Crippen LogP) is 1.92. The number of anilines is 1. The van der Waals surface area contributed by atoms with E-state index in [2.05, 4.69) is 10.0 Å². The Kier molecular flexibility index (Phi) is 5.06. The first-order chi connectivity index (χ1) is 12.0. The van der Waals surface area contributed by atoms with E-state index in [-0.39, 0.29) is 16.8 Å². The molecule has 0 spiro atoms. The quantitative estimate of drug-likeness (QED) is 0.874. The molecule has 0 radical (unpaired) electrons. The van der Waals surface area contributed by atoms with E-state index in [9.17, 15) is 13.2 Å². The summed E-state index contributed by atoms with van der Waals surface area (Å²) in [5, 5.41) is 3.25. The highest BCUT2D eigenvalue weighted by molar-refractivity contribution is 7.92. The monoisotopic (exact) mass is 359 g/mol. The summed E-state index contributed by atoms with van der Waals surface area (Å²) in [4.78, 5) is 14.6. The van der Waals surface area contributed by atoms with Crippen LogP contribution < -0.4 is 10.0 Å². The normalized spacial score (nSPS) is 18.0. The molecule has 132 valence electrons. The molecule has 7 heteroatoms. The van der Waals surface area contributed by atoms with Gasteiger partial charge in [0.05, 0.1) is 4.90 Å². The first-order valence-corrected chi connectivity index (χ1v) is 9.65. The number of hydrogen-bond acceptors (Lipinski definition) is 4. The van der Waals surface area contributed by atoms with Crippen LogP contribution in [0.4, 0.5) is 5.69 Å². The van der Waals surface area contributed by atoms with Crippen LogP contribution in [0.1, 0.15) is 17.3 Å². The minimum absolute atomic E-state index is 0.0357. The van der Waals surface area contributed by atoms with Crippen LogP contribution in [-0.4, -0.2) is 44.9 Å². The fourth-order valence-electron chi connectivity index (χ4n) is 2.80. The van der Waals surface area contributed by atoms with E-state index >= 15 is 0 Å². The number of amides is 1. The van der Waals surface area contributed by atoms with E-state index in [1.54, 1.807) is 42.5 Å². The molecule has 1 fully saturated rings. The van der Waals surface area contributed by atoms with Gasteiger partial charge < -0.3 is 10.2 Å². The van der Waals surface area contributed by atoms with Crippen molar-refractivity contribution in [2.24, 2.45) is 0 Å². The van der Waals surface area contributed by atoms with Gasteiger partial charge in [0, 0.05) is 36.9 Å². The van der Waals surface area contributed by atoms with E-state index in [0.717, 1.165) is 13.1 Å². The van der Waals surface area contributed by atoms with E-state index in [1.165, 1.54) is 12.1 Å². The number of piperazine rings is 1. The molecule has 0 saturated carbocycles. The Bertz CT molecular complexity index is 836. The summed E-state index contributed by atoms with van der Waals surface area (Å²) in [6.07, 6.45) is 0. The number of nitrogens with zero attached hydrogens (tertiary/aromatic N) is 1. The number of benzene rings is 2. The topological polar surface area (TPSA) is 78.5 Å². The van der Waals surface area contributed by atoms with Gasteiger partial charge in [0.15, 0.2) is 0 Å². The van der Waals surface area contributed by atoms with Crippen LogP contribution >= 0.6 is 0 Å². The van der Waals surface area contributed by atoms with E-state index in [4.69, 9.17) is 0 Å². The predicted molar refractivity (Wildman–Crippen MR) is 97.1 cm³/mol. The molecule has 0 aliphatic carbocycles. The molecule has 2 aromatic carbocycles. The summed E-state index contributed by atoms with van der Waals surface area (Å²) in [5.41, 5.74) is 0.977. The molecule has 1 amide bonds. The number of sulfonamides is 1. The fraction of sp³-hybridized carbons (Fsp3) is 0.278. The van der Waals surface area contributed by atoms with Gasteiger partial charge >= 0.3 is 0 Å². The number of hydrogen-bond donors (Lipinski definition) is 2. The molecule has 6 nitrogen and oxygen atoms in total. The summed E-state index contributed by atoms with van der Waals surface area (Å²) in [6.45, 7) is 4.24. The van der Waals surface area contributed by atoms with Crippen molar-refractivity contribution in [2.75, 3.05) is 24.4 Å². The maximum atomic E-state index is 12.6. The summed E-state index contributed by atoms with van der Waals surface area (Å²) < 4.78 is 27.2. The van der Waals surface area contributed by atoms with Gasteiger partial charge in [-0.3, -0.25) is 9.52 Å². The van der Waals surface area contributed by atoms with Crippen molar-refractivity contribution >= 4 is 21.6 Å². The second-order valence-electron chi connectivity index (χ2n) is 6.05. The fourth-order valence-corrected chi connectivity index (χ4v) is 3.88. The number of carbonyl (C=O) groups is 1. The minimum atomic E-state index is -3.63. The standard InChI is InChI=1S/C18H21N3O3S/c1-14-13-19-11-12-21(14)18(22)15-7-9-16(10-8-15)20-25(23,24)17-5-3-2-4-6-17/h2-10,14,19-20H,11-13H2,1H3/t14-/m1/s1. The molecule has 25 heavy (non-hydrogen) atoms. The summed E-state index contributed by atoms with van der Waals surface area (Å²) in [5.74, 6) is -0.0357. The van der Waals surface area contributed by atoms with Gasteiger partial charge in [-0.1, -0.05) is 18.2 Å². The van der Waals surface area contributed by atoms with Crippen LogP contribution in [0.3, 0.4) is 0 Å². The third-order valence-corrected chi connectivity index (χ3v) is 5.60. The third kappa shape index (κ3) is 4.00. The molecule has 1 aliphatic rings. The van der Waals surface area contributed by atoms with Crippen LogP contribution in [0.25, 0.3) is 0 Å². The highest BCUT2D eigenvalue weighted by Crippen LogP contribution is 2.18. The molecule has 0 bridgehead atoms. The van der Waals surface area contributed by atoms with Gasteiger partial charge in [-0.2, -0.15) is 0 Å². The smallest absolute Gasteiger partial charge is 0.261 e. The van der Waals surface area contributed by atoms with Crippen LogP contribution in [0, 0.1) is 0 Å². The Balaban J connectivity index is 1.73. The molecule has 1 atom stereocenters. The van der Waals surface area contributed by atoms with Crippen molar-refractivity contribution in [1.82, 2.24) is 10.2 Å². The van der Waals surface area contributed by atoms with Crippen molar-refractivity contribution < 1.29 is 13.2 Å². The lowest BCUT2D eigenvalue weighted by Crippen LogP contribution is -2.52. The summed E-state index contributed by atoms with van der Waals surface area (Å²) in [7, 11) is -3.63. The van der Waals surface area contributed by atoms with Gasteiger partial charge in [0.1, 0.15) is 0 Å². The van der Waals surface area contributed by atoms with Crippen molar-refractivity contribution in [2.45, 2.75) is 17.9 Å². The van der Waals surface area contributed by atoms with Crippen LogP contribution in [0.5, 0.6) is 0 Å². The SMILES string of the molecule is C[C@@H]1CNCCN1C(=O)c1ccc(NS(=O)(=O)c2ccccc2)cc1. The summed E-state index contributed by atoms with van der Waals surface area (Å²) >= 11 is 0. The minimum Gasteiger partial charge on any atom is -0.333 e. The van der Waals surface area contributed by atoms with Gasteiger partial charge in [-0.25, -0.2) is 8.42 Å². The maximum Gasteiger partial charge on any atom is 0.261 e. The molecule has 2 aromatic rings. The zero-order valence-corrected chi connectivity index (χ0v) is 14.8. The molecule has 3 rings (SSSR count). The van der Waals surface area contributed by atoms with Gasteiger partial charge in [-0.15, -0.1) is 0 Å². The Morgan fingerprint density at radius 1 is 1.12 bits per heavy atom. The van der Waals surface area contributed by atoms with Gasteiger partial charge in [0.25, 0.3) is 15.9 Å². The maximum absolute atomic E-state index is 12.6. The number of rotatable bonds is 4. The molecule has 1 aliphatic heterocycles. The highest BCUT2D eigenvalue weighted by Gasteiger charge is 2.24. The Labute approximate surface area is 147 Å². The molecule has 1 saturated heterocycles. The van der Waals surface area contributed by atoms with Crippen molar-refractivity contribution in [3.05, 3.63) is 60.2 Å². The Hall–Kier alpha value is -2.38. The molecule has 0 aromatic heterocycles. The second kappa shape index (κ2) is 7.25. The van der Waals surface area contributed by atoms with Crippen molar-refractivity contribution in [3.8, 4) is 0 Å².